The molecule has 6 heteroatoms. The van der Waals surface area contributed by atoms with E-state index in [4.69, 9.17) is 5.26 Å². The molecule has 0 radical (unpaired) electrons. The fourth-order valence-corrected chi connectivity index (χ4v) is 1.43. The summed E-state index contributed by atoms with van der Waals surface area (Å²) in [5.74, 6) is -0.663. The van der Waals surface area contributed by atoms with Crippen LogP contribution in [0.1, 0.15) is 38.8 Å². The molecule has 0 saturated carbocycles. The van der Waals surface area contributed by atoms with Crippen molar-refractivity contribution in [2.45, 2.75) is 13.1 Å². The van der Waals surface area contributed by atoms with Crippen LogP contribution >= 0.6 is 0 Å². The number of ketones is 1. The molecular formula is C11H6F3NO2. The summed E-state index contributed by atoms with van der Waals surface area (Å²) in [6.07, 6.45) is -4.85. The minimum absolute atomic E-state index is 0.00752. The van der Waals surface area contributed by atoms with E-state index in [0.717, 1.165) is 19.1 Å². The summed E-state index contributed by atoms with van der Waals surface area (Å²) in [7, 11) is 0. The molecule has 0 bridgehead atoms. The Morgan fingerprint density at radius 2 is 2.00 bits per heavy atom. The van der Waals surface area contributed by atoms with Crippen LogP contribution in [-0.4, -0.2) is 12.1 Å². The third-order valence-electron chi connectivity index (χ3n) is 2.14. The van der Waals surface area contributed by atoms with E-state index in [1.54, 1.807) is 0 Å². The molecule has 0 aliphatic heterocycles. The maximum atomic E-state index is 12.7. The summed E-state index contributed by atoms with van der Waals surface area (Å²) in [5.41, 5.74) is -3.17. The first-order valence-corrected chi connectivity index (χ1v) is 4.43. The summed E-state index contributed by atoms with van der Waals surface area (Å²) in [6, 6.07) is 3.25. The molecule has 1 aromatic carbocycles. The minimum Gasteiger partial charge on any atom is -0.298 e. The summed E-state index contributed by atoms with van der Waals surface area (Å²) >= 11 is 0. The number of alkyl halides is 3. The SMILES string of the molecule is CC(=O)c1ccc(C=O)c(C(F)(F)F)c1C#N. The van der Waals surface area contributed by atoms with Gasteiger partial charge in [-0.05, 0) is 13.0 Å². The molecule has 0 atom stereocenters. The summed E-state index contributed by atoms with van der Waals surface area (Å²) in [6.45, 7) is 1.05. The van der Waals surface area contributed by atoms with Gasteiger partial charge >= 0.3 is 6.18 Å². The largest absolute Gasteiger partial charge is 0.418 e. The maximum Gasteiger partial charge on any atom is 0.418 e. The van der Waals surface area contributed by atoms with E-state index < -0.39 is 28.6 Å². The Morgan fingerprint density at radius 1 is 1.41 bits per heavy atom. The molecule has 88 valence electrons. The monoisotopic (exact) mass is 241 g/mol. The molecule has 0 aliphatic rings. The van der Waals surface area contributed by atoms with Crippen LogP contribution in [0.25, 0.3) is 0 Å². The lowest BCUT2D eigenvalue weighted by Gasteiger charge is -2.13. The zero-order valence-corrected chi connectivity index (χ0v) is 8.63. The van der Waals surface area contributed by atoms with E-state index in [1.165, 1.54) is 6.07 Å². The van der Waals surface area contributed by atoms with Crippen molar-refractivity contribution in [2.24, 2.45) is 0 Å². The standard InChI is InChI=1S/C11H6F3NO2/c1-6(17)8-3-2-7(5-16)10(9(8)4-15)11(12,13)14/h2-3,5H,1H3. The van der Waals surface area contributed by atoms with E-state index >= 15 is 0 Å². The van der Waals surface area contributed by atoms with Gasteiger partial charge in [0, 0.05) is 11.1 Å². The molecule has 0 unspecified atom stereocenters. The van der Waals surface area contributed by atoms with Crippen LogP contribution < -0.4 is 0 Å². The number of rotatable bonds is 2. The van der Waals surface area contributed by atoms with Crippen molar-refractivity contribution in [1.29, 1.82) is 5.26 Å². The third-order valence-corrected chi connectivity index (χ3v) is 2.14. The molecule has 0 heterocycles. The zero-order valence-electron chi connectivity index (χ0n) is 8.63. The van der Waals surface area contributed by atoms with Crippen molar-refractivity contribution >= 4 is 12.1 Å². The lowest BCUT2D eigenvalue weighted by molar-refractivity contribution is -0.138. The van der Waals surface area contributed by atoms with Crippen molar-refractivity contribution in [3.63, 3.8) is 0 Å². The van der Waals surface area contributed by atoms with Gasteiger partial charge in [-0.15, -0.1) is 0 Å². The number of nitrogens with zero attached hydrogens (tertiary/aromatic N) is 1. The molecule has 0 saturated heterocycles. The molecule has 0 fully saturated rings. The molecule has 0 N–H and O–H groups in total. The molecule has 0 amide bonds. The Kier molecular flexibility index (Phi) is 3.32. The average molecular weight is 241 g/mol. The molecule has 0 aliphatic carbocycles. The van der Waals surface area contributed by atoms with Gasteiger partial charge in [-0.25, -0.2) is 0 Å². The Balaban J connectivity index is 3.75. The number of halogens is 3. The summed E-state index contributed by atoms with van der Waals surface area (Å²) in [5, 5.41) is 8.71. The Morgan fingerprint density at radius 3 is 2.35 bits per heavy atom. The quantitative estimate of drug-likeness (QED) is 0.590. The molecular weight excluding hydrogens is 235 g/mol. The van der Waals surface area contributed by atoms with Crippen LogP contribution in [0.2, 0.25) is 0 Å². The number of benzene rings is 1. The number of nitriles is 1. The van der Waals surface area contributed by atoms with Crippen molar-refractivity contribution in [1.82, 2.24) is 0 Å². The van der Waals surface area contributed by atoms with Crippen LogP contribution in [0.3, 0.4) is 0 Å². The van der Waals surface area contributed by atoms with Gasteiger partial charge in [0.25, 0.3) is 0 Å². The molecule has 0 spiro atoms. The van der Waals surface area contributed by atoms with Gasteiger partial charge in [0.2, 0.25) is 0 Å². The lowest BCUT2D eigenvalue weighted by Crippen LogP contribution is -2.14. The molecule has 0 aromatic heterocycles. The van der Waals surface area contributed by atoms with Gasteiger partial charge in [-0.2, -0.15) is 18.4 Å². The summed E-state index contributed by atoms with van der Waals surface area (Å²) in [4.78, 5) is 21.6. The van der Waals surface area contributed by atoms with E-state index in [0.29, 0.717) is 0 Å². The van der Waals surface area contributed by atoms with Crippen molar-refractivity contribution in [2.75, 3.05) is 0 Å². The highest BCUT2D eigenvalue weighted by Crippen LogP contribution is 2.35. The van der Waals surface area contributed by atoms with Crippen molar-refractivity contribution in [3.05, 3.63) is 34.4 Å². The van der Waals surface area contributed by atoms with Gasteiger partial charge in [0.15, 0.2) is 12.1 Å². The normalized spacial score (nSPS) is 10.8. The first kappa shape index (κ1) is 12.9. The van der Waals surface area contributed by atoms with Crippen LogP contribution in [0, 0.1) is 11.3 Å². The fraction of sp³-hybridized carbons (Fsp3) is 0.182. The maximum absolute atomic E-state index is 12.7. The Labute approximate surface area is 94.5 Å². The molecule has 1 rings (SSSR count). The van der Waals surface area contributed by atoms with E-state index in [9.17, 15) is 22.8 Å². The predicted molar refractivity (Wildman–Crippen MR) is 51.6 cm³/mol. The van der Waals surface area contributed by atoms with Crippen molar-refractivity contribution < 1.29 is 22.8 Å². The number of aldehydes is 1. The van der Waals surface area contributed by atoms with Crippen LogP contribution in [-0.2, 0) is 6.18 Å². The molecule has 3 nitrogen and oxygen atoms in total. The second-order valence-electron chi connectivity index (χ2n) is 3.24. The second kappa shape index (κ2) is 4.37. The highest BCUT2D eigenvalue weighted by atomic mass is 19.4. The number of hydrogen-bond acceptors (Lipinski definition) is 3. The number of carbonyl (C=O) groups excluding carboxylic acids is 2. The van der Waals surface area contributed by atoms with Gasteiger partial charge in [0.05, 0.1) is 11.1 Å². The first-order chi connectivity index (χ1) is 7.82. The van der Waals surface area contributed by atoms with Gasteiger partial charge in [-0.3, -0.25) is 9.59 Å². The minimum atomic E-state index is -4.85. The lowest BCUT2D eigenvalue weighted by atomic mass is 9.95. The first-order valence-electron chi connectivity index (χ1n) is 4.43. The third kappa shape index (κ3) is 2.33. The highest BCUT2D eigenvalue weighted by Gasteiger charge is 2.37. The van der Waals surface area contributed by atoms with Gasteiger partial charge < -0.3 is 0 Å². The number of hydrogen-bond donors (Lipinski definition) is 0. The van der Waals surface area contributed by atoms with Crippen LogP contribution in [0.4, 0.5) is 13.2 Å². The smallest absolute Gasteiger partial charge is 0.298 e. The molecule has 1 aromatic rings. The van der Waals surface area contributed by atoms with E-state index in [2.05, 4.69) is 0 Å². The van der Waals surface area contributed by atoms with Gasteiger partial charge in [0.1, 0.15) is 6.07 Å². The number of Topliss-reactive ketones (excluding diaryl/α,β-unsaturated/α-hetero) is 1. The zero-order chi connectivity index (χ0) is 13.2. The van der Waals surface area contributed by atoms with Crippen LogP contribution in [0.15, 0.2) is 12.1 Å². The highest BCUT2D eigenvalue weighted by molar-refractivity contribution is 5.98. The Hall–Kier alpha value is -2.16. The van der Waals surface area contributed by atoms with Crippen molar-refractivity contribution in [3.8, 4) is 6.07 Å². The predicted octanol–water partition coefficient (Wildman–Crippen LogP) is 2.59. The average Bonchev–Trinajstić information content (AvgIpc) is 2.25. The van der Waals surface area contributed by atoms with Crippen LogP contribution in [0.5, 0.6) is 0 Å². The Bertz CT molecular complexity index is 527. The number of carbonyl (C=O) groups is 2. The van der Waals surface area contributed by atoms with E-state index in [-0.39, 0.29) is 11.8 Å². The fourth-order valence-electron chi connectivity index (χ4n) is 1.43. The summed E-state index contributed by atoms with van der Waals surface area (Å²) < 4.78 is 38.1. The topological polar surface area (TPSA) is 57.9 Å². The van der Waals surface area contributed by atoms with Gasteiger partial charge in [-0.1, -0.05) is 6.07 Å². The van der Waals surface area contributed by atoms with E-state index in [1.807, 2.05) is 0 Å². The second-order valence-corrected chi connectivity index (χ2v) is 3.24. The molecule has 17 heavy (non-hydrogen) atoms.